The minimum Gasteiger partial charge on any atom is -0.495 e. The minimum absolute atomic E-state index is 0.201. The topological polar surface area (TPSA) is 96.5 Å². The van der Waals surface area contributed by atoms with E-state index in [9.17, 15) is 27.6 Å². The van der Waals surface area contributed by atoms with Gasteiger partial charge < -0.3 is 20.7 Å². The number of amides is 3. The summed E-state index contributed by atoms with van der Waals surface area (Å²) in [5, 5.41) is 6.62. The maximum atomic E-state index is 12.7. The van der Waals surface area contributed by atoms with E-state index in [1.807, 2.05) is 5.32 Å². The first-order valence-corrected chi connectivity index (χ1v) is 7.90. The fourth-order valence-corrected chi connectivity index (χ4v) is 2.14. The highest BCUT2D eigenvalue weighted by Crippen LogP contribution is 2.30. The summed E-state index contributed by atoms with van der Waals surface area (Å²) in [6, 6.07) is 10.4. The molecule has 0 saturated heterocycles. The quantitative estimate of drug-likeness (QED) is 0.678. The summed E-state index contributed by atoms with van der Waals surface area (Å²) in [5.41, 5.74) is -0.798. The second-order valence-electron chi connectivity index (χ2n) is 5.46. The van der Waals surface area contributed by atoms with Crippen molar-refractivity contribution in [2.75, 3.05) is 24.3 Å². The van der Waals surface area contributed by atoms with Gasteiger partial charge in [0.05, 0.1) is 24.9 Å². The Morgan fingerprint density at radius 1 is 0.964 bits per heavy atom. The van der Waals surface area contributed by atoms with Crippen LogP contribution in [0.15, 0.2) is 48.5 Å². The highest BCUT2D eigenvalue weighted by molar-refractivity contribution is 6.39. The first-order chi connectivity index (χ1) is 13.2. The second-order valence-corrected chi connectivity index (χ2v) is 5.46. The summed E-state index contributed by atoms with van der Waals surface area (Å²) in [5.74, 6) is -2.59. The molecule has 28 heavy (non-hydrogen) atoms. The van der Waals surface area contributed by atoms with Gasteiger partial charge in [-0.1, -0.05) is 18.2 Å². The van der Waals surface area contributed by atoms with Gasteiger partial charge in [0.25, 0.3) is 0 Å². The molecule has 0 aromatic heterocycles. The van der Waals surface area contributed by atoms with Crippen molar-refractivity contribution in [3.63, 3.8) is 0 Å². The van der Waals surface area contributed by atoms with Crippen LogP contribution in [0.5, 0.6) is 5.75 Å². The Kier molecular flexibility index (Phi) is 6.59. The molecule has 0 radical (unpaired) electrons. The second kappa shape index (κ2) is 8.89. The fourth-order valence-electron chi connectivity index (χ4n) is 2.14. The van der Waals surface area contributed by atoms with Crippen molar-refractivity contribution in [1.29, 1.82) is 0 Å². The van der Waals surface area contributed by atoms with E-state index in [-0.39, 0.29) is 5.69 Å². The maximum Gasteiger partial charge on any atom is 0.416 e. The Bertz CT molecular complexity index is 884. The van der Waals surface area contributed by atoms with Crippen molar-refractivity contribution in [2.45, 2.75) is 6.18 Å². The predicted molar refractivity (Wildman–Crippen MR) is 94.7 cm³/mol. The van der Waals surface area contributed by atoms with Crippen molar-refractivity contribution in [3.8, 4) is 5.75 Å². The zero-order valence-electron chi connectivity index (χ0n) is 14.6. The summed E-state index contributed by atoms with van der Waals surface area (Å²) in [7, 11) is 1.42. The number of hydrogen-bond acceptors (Lipinski definition) is 4. The summed E-state index contributed by atoms with van der Waals surface area (Å²) in [6.07, 6.45) is -4.58. The molecule has 148 valence electrons. The van der Waals surface area contributed by atoms with Crippen LogP contribution in [0, 0.1) is 0 Å². The average molecular weight is 395 g/mol. The van der Waals surface area contributed by atoms with Crippen molar-refractivity contribution < 1.29 is 32.3 Å². The lowest BCUT2D eigenvalue weighted by Gasteiger charge is -2.11. The van der Waals surface area contributed by atoms with Crippen LogP contribution < -0.4 is 20.7 Å². The number of nitrogens with one attached hydrogen (secondary N) is 3. The summed E-state index contributed by atoms with van der Waals surface area (Å²) in [4.78, 5) is 35.4. The molecule has 3 amide bonds. The largest absolute Gasteiger partial charge is 0.495 e. The number of anilines is 2. The molecule has 7 nitrogen and oxygen atoms in total. The smallest absolute Gasteiger partial charge is 0.416 e. The highest BCUT2D eigenvalue weighted by atomic mass is 19.4. The Morgan fingerprint density at radius 2 is 1.68 bits per heavy atom. The van der Waals surface area contributed by atoms with Crippen molar-refractivity contribution in [2.24, 2.45) is 0 Å². The van der Waals surface area contributed by atoms with Crippen LogP contribution in [-0.2, 0) is 20.6 Å². The van der Waals surface area contributed by atoms with Gasteiger partial charge in [0, 0.05) is 5.69 Å². The molecule has 0 aliphatic heterocycles. The molecule has 0 unspecified atom stereocenters. The van der Waals surface area contributed by atoms with Crippen LogP contribution in [0.3, 0.4) is 0 Å². The number of methoxy groups -OCH3 is 1. The first-order valence-electron chi connectivity index (χ1n) is 7.90. The van der Waals surface area contributed by atoms with E-state index in [0.717, 1.165) is 12.1 Å². The van der Waals surface area contributed by atoms with Crippen molar-refractivity contribution in [3.05, 3.63) is 54.1 Å². The van der Waals surface area contributed by atoms with E-state index in [2.05, 4.69) is 10.6 Å². The van der Waals surface area contributed by atoms with Crippen LogP contribution in [0.25, 0.3) is 0 Å². The third kappa shape index (κ3) is 5.73. The number of hydrogen-bond donors (Lipinski definition) is 3. The molecule has 0 heterocycles. The zero-order valence-corrected chi connectivity index (χ0v) is 14.6. The number of ether oxygens (including phenoxy) is 1. The first kappa shape index (κ1) is 20.7. The van der Waals surface area contributed by atoms with Gasteiger partial charge in [-0.3, -0.25) is 14.4 Å². The normalized spacial score (nSPS) is 10.7. The molecule has 0 bridgehead atoms. The van der Waals surface area contributed by atoms with E-state index in [1.54, 1.807) is 24.3 Å². The van der Waals surface area contributed by atoms with Crippen LogP contribution in [0.4, 0.5) is 24.5 Å². The molecule has 0 spiro atoms. The van der Waals surface area contributed by atoms with Gasteiger partial charge >= 0.3 is 18.0 Å². The van der Waals surface area contributed by atoms with E-state index in [4.69, 9.17) is 4.74 Å². The van der Waals surface area contributed by atoms with Gasteiger partial charge in [0.1, 0.15) is 5.75 Å². The monoisotopic (exact) mass is 395 g/mol. The third-order valence-electron chi connectivity index (χ3n) is 3.44. The number of benzene rings is 2. The molecular formula is C18H16F3N3O4. The SMILES string of the molecule is COc1ccccc1NC(=O)CNC(=O)C(=O)Nc1cccc(C(F)(F)F)c1. The number of para-hydroxylation sites is 2. The van der Waals surface area contributed by atoms with Crippen LogP contribution in [-0.4, -0.2) is 31.4 Å². The van der Waals surface area contributed by atoms with Crippen LogP contribution >= 0.6 is 0 Å². The number of carbonyl (C=O) groups excluding carboxylic acids is 3. The van der Waals surface area contributed by atoms with Crippen LogP contribution in [0.2, 0.25) is 0 Å². The molecule has 0 aliphatic rings. The molecule has 0 aliphatic carbocycles. The van der Waals surface area contributed by atoms with E-state index < -0.39 is 36.0 Å². The Labute approximate surface area is 157 Å². The van der Waals surface area contributed by atoms with E-state index in [1.165, 1.54) is 13.2 Å². The molecule has 2 aromatic rings. The lowest BCUT2D eigenvalue weighted by Crippen LogP contribution is -2.39. The van der Waals surface area contributed by atoms with Gasteiger partial charge in [-0.15, -0.1) is 0 Å². The molecule has 2 aromatic carbocycles. The van der Waals surface area contributed by atoms with Gasteiger partial charge in [-0.05, 0) is 30.3 Å². The van der Waals surface area contributed by atoms with Gasteiger partial charge in [-0.2, -0.15) is 13.2 Å². The fraction of sp³-hybridized carbons (Fsp3) is 0.167. The molecule has 0 atom stereocenters. The Hall–Kier alpha value is -3.56. The summed E-state index contributed by atoms with van der Waals surface area (Å²) >= 11 is 0. The summed E-state index contributed by atoms with van der Waals surface area (Å²) < 4.78 is 43.0. The Morgan fingerprint density at radius 3 is 2.36 bits per heavy atom. The molecule has 10 heteroatoms. The molecule has 0 saturated carbocycles. The van der Waals surface area contributed by atoms with Gasteiger partial charge in [0.15, 0.2) is 0 Å². The number of halogens is 3. The van der Waals surface area contributed by atoms with Gasteiger partial charge in [0.2, 0.25) is 5.91 Å². The minimum atomic E-state index is -4.58. The lowest BCUT2D eigenvalue weighted by atomic mass is 10.2. The number of rotatable bonds is 5. The molecule has 3 N–H and O–H groups in total. The van der Waals surface area contributed by atoms with Gasteiger partial charge in [-0.25, -0.2) is 0 Å². The van der Waals surface area contributed by atoms with E-state index in [0.29, 0.717) is 17.5 Å². The third-order valence-corrected chi connectivity index (χ3v) is 3.44. The lowest BCUT2D eigenvalue weighted by molar-refractivity contribution is -0.137. The summed E-state index contributed by atoms with van der Waals surface area (Å²) in [6.45, 7) is -0.521. The maximum absolute atomic E-state index is 12.7. The number of carbonyl (C=O) groups is 3. The van der Waals surface area contributed by atoms with E-state index >= 15 is 0 Å². The highest BCUT2D eigenvalue weighted by Gasteiger charge is 2.30. The molecule has 2 rings (SSSR count). The van der Waals surface area contributed by atoms with Crippen molar-refractivity contribution in [1.82, 2.24) is 5.32 Å². The zero-order chi connectivity index (χ0) is 20.7. The van der Waals surface area contributed by atoms with Crippen LogP contribution in [0.1, 0.15) is 5.56 Å². The predicted octanol–water partition coefficient (Wildman–Crippen LogP) is 2.41. The average Bonchev–Trinajstić information content (AvgIpc) is 2.66. The Balaban J connectivity index is 1.89. The standard InChI is InChI=1S/C18H16F3N3O4/c1-28-14-8-3-2-7-13(14)24-15(25)10-22-16(26)17(27)23-12-6-4-5-11(9-12)18(19,20)21/h2-9H,10H2,1H3,(H,22,26)(H,23,27)(H,24,25). The molecular weight excluding hydrogens is 379 g/mol. The number of alkyl halides is 3. The van der Waals surface area contributed by atoms with Crippen molar-refractivity contribution >= 4 is 29.1 Å². The molecule has 0 fully saturated rings.